The van der Waals surface area contributed by atoms with E-state index in [9.17, 15) is 0 Å². The van der Waals surface area contributed by atoms with Gasteiger partial charge in [-0.15, -0.1) is 0 Å². The molecule has 0 radical (unpaired) electrons. The van der Waals surface area contributed by atoms with E-state index in [-0.39, 0.29) is 0 Å². The van der Waals surface area contributed by atoms with Crippen molar-refractivity contribution in [2.24, 2.45) is 0 Å². The van der Waals surface area contributed by atoms with Gasteiger partial charge in [0.2, 0.25) is 0 Å². The maximum absolute atomic E-state index is 2.26. The molecule has 0 fully saturated rings. The molecule has 0 aliphatic rings. The third-order valence-electron chi connectivity index (χ3n) is 3.17. The van der Waals surface area contributed by atoms with E-state index in [4.69, 9.17) is 0 Å². The maximum atomic E-state index is 2.26. The lowest BCUT2D eigenvalue weighted by molar-refractivity contribution is 0.602. The molecule has 0 saturated heterocycles. The van der Waals surface area contributed by atoms with Crippen molar-refractivity contribution in [3.8, 4) is 0 Å². The van der Waals surface area contributed by atoms with Gasteiger partial charge in [0.05, 0.1) is 0 Å². The Morgan fingerprint density at radius 3 is 1.50 bits per heavy atom. The average molecular weight is 248 g/mol. The zero-order chi connectivity index (χ0) is 13.6. The summed E-state index contributed by atoms with van der Waals surface area (Å²) in [5.41, 5.74) is 1.41. The van der Waals surface area contributed by atoms with Crippen LogP contribution in [0.1, 0.15) is 84.1 Å². The molecule has 0 N–H and O–H groups in total. The Bertz CT molecular complexity index is 242. The minimum absolute atomic E-state index is 0.659. The molecule has 0 aliphatic carbocycles. The second kappa shape index (κ2) is 12.7. The van der Waals surface area contributed by atoms with Crippen LogP contribution in [0.25, 0.3) is 0 Å². The van der Waals surface area contributed by atoms with Gasteiger partial charge in [0.1, 0.15) is 0 Å². The van der Waals surface area contributed by atoms with Crippen LogP contribution in [0.3, 0.4) is 0 Å². The highest BCUT2D eigenvalue weighted by molar-refractivity contribution is 5.17. The van der Waals surface area contributed by atoms with Crippen LogP contribution in [-0.2, 0) is 0 Å². The summed E-state index contributed by atoms with van der Waals surface area (Å²) in [5, 5.41) is 0. The molecule has 0 heteroatoms. The van der Waals surface area contributed by atoms with Gasteiger partial charge in [-0.25, -0.2) is 0 Å². The van der Waals surface area contributed by atoms with Crippen LogP contribution in [-0.4, -0.2) is 0 Å². The smallest absolute Gasteiger partial charge is 0.0219 e. The van der Waals surface area contributed by atoms with Crippen LogP contribution < -0.4 is 0 Å². The van der Waals surface area contributed by atoms with E-state index < -0.39 is 0 Å². The second-order valence-electron chi connectivity index (χ2n) is 5.33. The predicted octanol–water partition coefficient (Wildman–Crippen LogP) is 6.57. The summed E-state index contributed by atoms with van der Waals surface area (Å²) in [7, 11) is 0. The summed E-state index contributed by atoms with van der Waals surface area (Å²) in [6, 6.07) is 10.5. The van der Waals surface area contributed by atoms with Gasteiger partial charge in [-0.1, -0.05) is 103 Å². The standard InChI is InChI=1S/C9H12.C9H20/c1-8(2)9-6-4-3-5-7-9;1-3-5-7-9-8-6-4-2/h3-8H,1-2H3;3-9H2,1-2H3. The van der Waals surface area contributed by atoms with Crippen LogP contribution in [0.2, 0.25) is 0 Å². The number of unbranched alkanes of at least 4 members (excludes halogenated alkanes) is 6. The molecule has 0 amide bonds. The van der Waals surface area contributed by atoms with Crippen molar-refractivity contribution in [1.29, 1.82) is 0 Å². The van der Waals surface area contributed by atoms with E-state index in [2.05, 4.69) is 52.0 Å². The van der Waals surface area contributed by atoms with Crippen molar-refractivity contribution in [1.82, 2.24) is 0 Å². The van der Waals surface area contributed by atoms with E-state index >= 15 is 0 Å². The van der Waals surface area contributed by atoms with Gasteiger partial charge in [0.15, 0.2) is 0 Å². The molecule has 0 unspecified atom stereocenters. The van der Waals surface area contributed by atoms with Gasteiger partial charge in [0.25, 0.3) is 0 Å². The van der Waals surface area contributed by atoms with Crippen LogP contribution in [0.15, 0.2) is 30.3 Å². The molecule has 0 spiro atoms. The summed E-state index contributed by atoms with van der Waals surface area (Å²) in [6.07, 6.45) is 9.97. The van der Waals surface area contributed by atoms with Crippen LogP contribution in [0.5, 0.6) is 0 Å². The fourth-order valence-electron chi connectivity index (χ4n) is 1.87. The lowest BCUT2D eigenvalue weighted by Gasteiger charge is -2.01. The zero-order valence-electron chi connectivity index (χ0n) is 12.9. The lowest BCUT2D eigenvalue weighted by atomic mass is 10.0. The van der Waals surface area contributed by atoms with Crippen molar-refractivity contribution in [2.45, 2.75) is 78.6 Å². The minimum atomic E-state index is 0.659. The number of hydrogen-bond acceptors (Lipinski definition) is 0. The largest absolute Gasteiger partial charge is 0.0654 e. The zero-order valence-corrected chi connectivity index (χ0v) is 12.9. The molecule has 0 aliphatic heterocycles. The first-order valence-electron chi connectivity index (χ1n) is 7.77. The fourth-order valence-corrected chi connectivity index (χ4v) is 1.87. The molecule has 1 aromatic rings. The summed E-state index contributed by atoms with van der Waals surface area (Å²) < 4.78 is 0. The van der Waals surface area contributed by atoms with Crippen molar-refractivity contribution in [2.75, 3.05) is 0 Å². The predicted molar refractivity (Wildman–Crippen MR) is 84.2 cm³/mol. The van der Waals surface area contributed by atoms with Gasteiger partial charge in [0, 0.05) is 0 Å². The first-order valence-corrected chi connectivity index (χ1v) is 7.77. The quantitative estimate of drug-likeness (QED) is 0.479. The third-order valence-corrected chi connectivity index (χ3v) is 3.17. The minimum Gasteiger partial charge on any atom is -0.0654 e. The topological polar surface area (TPSA) is 0 Å². The molecule has 0 atom stereocenters. The summed E-state index contributed by atoms with van der Waals surface area (Å²) in [5.74, 6) is 0.659. The maximum Gasteiger partial charge on any atom is -0.0219 e. The molecular formula is C18H32. The lowest BCUT2D eigenvalue weighted by Crippen LogP contribution is -1.83. The van der Waals surface area contributed by atoms with Crippen LogP contribution >= 0.6 is 0 Å². The molecule has 1 rings (SSSR count). The molecule has 18 heavy (non-hydrogen) atoms. The third kappa shape index (κ3) is 10.4. The average Bonchev–Trinajstić information content (AvgIpc) is 2.40. The van der Waals surface area contributed by atoms with E-state index in [1.807, 2.05) is 6.07 Å². The van der Waals surface area contributed by atoms with Gasteiger partial charge in [-0.3, -0.25) is 0 Å². The molecular weight excluding hydrogens is 216 g/mol. The van der Waals surface area contributed by atoms with Crippen molar-refractivity contribution in [3.05, 3.63) is 35.9 Å². The molecule has 104 valence electrons. The second-order valence-corrected chi connectivity index (χ2v) is 5.33. The Kier molecular flexibility index (Phi) is 12.1. The first-order chi connectivity index (χ1) is 8.72. The summed E-state index contributed by atoms with van der Waals surface area (Å²) in [4.78, 5) is 0. The number of rotatable bonds is 7. The van der Waals surface area contributed by atoms with Gasteiger partial charge in [-0.2, -0.15) is 0 Å². The monoisotopic (exact) mass is 248 g/mol. The highest BCUT2D eigenvalue weighted by Crippen LogP contribution is 2.11. The van der Waals surface area contributed by atoms with E-state index in [1.54, 1.807) is 0 Å². The Labute approximate surface area is 115 Å². The van der Waals surface area contributed by atoms with Gasteiger partial charge in [-0.05, 0) is 11.5 Å². The number of benzene rings is 1. The van der Waals surface area contributed by atoms with Crippen molar-refractivity contribution < 1.29 is 0 Å². The summed E-state index contributed by atoms with van der Waals surface area (Å²) in [6.45, 7) is 8.93. The van der Waals surface area contributed by atoms with Crippen LogP contribution in [0, 0.1) is 0 Å². The van der Waals surface area contributed by atoms with E-state index in [0.29, 0.717) is 5.92 Å². The molecule has 0 heterocycles. The van der Waals surface area contributed by atoms with Gasteiger partial charge < -0.3 is 0 Å². The summed E-state index contributed by atoms with van der Waals surface area (Å²) >= 11 is 0. The molecule has 0 bridgehead atoms. The van der Waals surface area contributed by atoms with Crippen molar-refractivity contribution in [3.63, 3.8) is 0 Å². The Morgan fingerprint density at radius 2 is 1.17 bits per heavy atom. The fraction of sp³-hybridized carbons (Fsp3) is 0.667. The molecule has 0 saturated carbocycles. The normalized spacial score (nSPS) is 10.1. The Hall–Kier alpha value is -0.780. The van der Waals surface area contributed by atoms with Crippen molar-refractivity contribution >= 4 is 0 Å². The van der Waals surface area contributed by atoms with Crippen LogP contribution in [0.4, 0.5) is 0 Å². The highest BCUT2D eigenvalue weighted by atomic mass is 14.0. The van der Waals surface area contributed by atoms with E-state index in [1.165, 1.54) is 50.5 Å². The molecule has 1 aromatic carbocycles. The van der Waals surface area contributed by atoms with Gasteiger partial charge >= 0.3 is 0 Å². The van der Waals surface area contributed by atoms with E-state index in [0.717, 1.165) is 0 Å². The Morgan fingerprint density at radius 1 is 0.722 bits per heavy atom. The Balaban J connectivity index is 0.000000321. The SMILES string of the molecule is CC(C)c1ccccc1.CCCCCCCCC. The molecule has 0 nitrogen and oxygen atoms in total. The molecule has 0 aromatic heterocycles. The number of hydrogen-bond donors (Lipinski definition) is 0. The highest BCUT2D eigenvalue weighted by Gasteiger charge is 1.93. The first kappa shape index (κ1) is 17.2.